The van der Waals surface area contributed by atoms with Crippen molar-refractivity contribution in [3.05, 3.63) is 0 Å². The Bertz CT molecular complexity index is 480. The van der Waals surface area contributed by atoms with Crippen molar-refractivity contribution in [2.45, 2.75) is 64.5 Å². The van der Waals surface area contributed by atoms with E-state index in [0.717, 1.165) is 25.5 Å². The molecule has 1 saturated carbocycles. The molecule has 0 amide bonds. The van der Waals surface area contributed by atoms with Crippen LogP contribution < -0.4 is 10.6 Å². The lowest BCUT2D eigenvalue weighted by Crippen LogP contribution is -2.44. The van der Waals surface area contributed by atoms with Crippen LogP contribution >= 0.6 is 24.0 Å². The summed E-state index contributed by atoms with van der Waals surface area (Å²) in [5, 5.41) is 6.57. The van der Waals surface area contributed by atoms with Crippen molar-refractivity contribution in [3.63, 3.8) is 0 Å². The van der Waals surface area contributed by atoms with Crippen LogP contribution in [0.5, 0.6) is 0 Å². The van der Waals surface area contributed by atoms with Crippen LogP contribution in [0.15, 0.2) is 4.99 Å². The highest BCUT2D eigenvalue weighted by Crippen LogP contribution is 2.30. The fraction of sp³-hybridized carbons (Fsp3) is 0.941. The van der Waals surface area contributed by atoms with Gasteiger partial charge in [-0.15, -0.1) is 24.0 Å². The third kappa shape index (κ3) is 11.3. The Morgan fingerprint density at radius 1 is 1.28 bits per heavy atom. The topological polar surface area (TPSA) is 79.8 Å². The minimum absolute atomic E-state index is 0. The quantitative estimate of drug-likeness (QED) is 0.280. The van der Waals surface area contributed by atoms with E-state index in [1.165, 1.54) is 31.9 Å². The van der Waals surface area contributed by atoms with Gasteiger partial charge < -0.3 is 15.4 Å². The van der Waals surface area contributed by atoms with E-state index in [0.29, 0.717) is 18.4 Å². The molecule has 0 aliphatic heterocycles. The standard InChI is InChI=1S/C17H35N3O3S.HI/c1-5-23-16(15-8-6-7-9-15)10-12-19-17(18-3)20-14(2)11-13-24(4,21)22;/h14-16H,5-13H2,1-4H3,(H2,18,19,20);1H. The van der Waals surface area contributed by atoms with Gasteiger partial charge in [0.2, 0.25) is 0 Å². The molecule has 0 spiro atoms. The molecule has 0 saturated heterocycles. The average Bonchev–Trinajstić information content (AvgIpc) is 3.04. The van der Waals surface area contributed by atoms with Crippen LogP contribution in [0, 0.1) is 5.92 Å². The van der Waals surface area contributed by atoms with E-state index in [1.54, 1.807) is 7.05 Å². The van der Waals surface area contributed by atoms with Crippen molar-refractivity contribution in [3.8, 4) is 0 Å². The summed E-state index contributed by atoms with van der Waals surface area (Å²) in [6.45, 7) is 5.59. The summed E-state index contributed by atoms with van der Waals surface area (Å²) in [5.74, 6) is 1.60. The first kappa shape index (κ1) is 24.9. The smallest absolute Gasteiger partial charge is 0.191 e. The Labute approximate surface area is 170 Å². The molecule has 1 fully saturated rings. The first-order valence-corrected chi connectivity index (χ1v) is 11.2. The molecule has 1 aliphatic carbocycles. The molecular formula is C17H36IN3O3S. The molecule has 150 valence electrons. The lowest BCUT2D eigenvalue weighted by atomic mass is 9.98. The lowest BCUT2D eigenvalue weighted by molar-refractivity contribution is 0.0169. The van der Waals surface area contributed by atoms with Gasteiger partial charge in [-0.3, -0.25) is 4.99 Å². The predicted octanol–water partition coefficient (Wildman–Crippen LogP) is 2.58. The van der Waals surface area contributed by atoms with Gasteiger partial charge in [0.25, 0.3) is 0 Å². The van der Waals surface area contributed by atoms with Gasteiger partial charge in [-0.25, -0.2) is 8.42 Å². The maximum absolute atomic E-state index is 11.2. The van der Waals surface area contributed by atoms with Crippen LogP contribution in [0.4, 0.5) is 0 Å². The highest BCUT2D eigenvalue weighted by molar-refractivity contribution is 14.0. The zero-order chi connectivity index (χ0) is 18.0. The van der Waals surface area contributed by atoms with E-state index >= 15 is 0 Å². The number of guanidine groups is 1. The first-order valence-electron chi connectivity index (χ1n) is 9.12. The van der Waals surface area contributed by atoms with Crippen LogP contribution in [-0.4, -0.2) is 58.7 Å². The normalized spacial score (nSPS) is 18.5. The highest BCUT2D eigenvalue weighted by atomic mass is 127. The molecule has 2 unspecified atom stereocenters. The Hall–Kier alpha value is -0.0900. The summed E-state index contributed by atoms with van der Waals surface area (Å²) in [5.41, 5.74) is 0. The summed E-state index contributed by atoms with van der Waals surface area (Å²) < 4.78 is 28.4. The van der Waals surface area contributed by atoms with Crippen LogP contribution in [-0.2, 0) is 14.6 Å². The first-order chi connectivity index (χ1) is 11.4. The average molecular weight is 489 g/mol. The molecule has 0 heterocycles. The van der Waals surface area contributed by atoms with Crippen molar-refractivity contribution in [2.24, 2.45) is 10.9 Å². The van der Waals surface area contributed by atoms with Crippen molar-refractivity contribution >= 4 is 39.8 Å². The van der Waals surface area contributed by atoms with E-state index in [9.17, 15) is 8.42 Å². The number of halogens is 1. The number of sulfone groups is 1. The van der Waals surface area contributed by atoms with Crippen LogP contribution in [0.1, 0.15) is 52.4 Å². The number of nitrogens with zero attached hydrogens (tertiary/aromatic N) is 1. The van der Waals surface area contributed by atoms with E-state index in [4.69, 9.17) is 4.74 Å². The Morgan fingerprint density at radius 2 is 1.92 bits per heavy atom. The van der Waals surface area contributed by atoms with Gasteiger partial charge in [0, 0.05) is 32.5 Å². The lowest BCUT2D eigenvalue weighted by Gasteiger charge is -2.24. The molecule has 8 heteroatoms. The van der Waals surface area contributed by atoms with Crippen LogP contribution in [0.25, 0.3) is 0 Å². The molecular weight excluding hydrogens is 453 g/mol. The van der Waals surface area contributed by atoms with Gasteiger partial charge in [0.15, 0.2) is 5.96 Å². The van der Waals surface area contributed by atoms with Crippen molar-refractivity contribution in [2.75, 3.05) is 32.2 Å². The molecule has 0 aromatic carbocycles. The van der Waals surface area contributed by atoms with Crippen molar-refractivity contribution < 1.29 is 13.2 Å². The van der Waals surface area contributed by atoms with Gasteiger partial charge in [-0.2, -0.15) is 0 Å². The van der Waals surface area contributed by atoms with Crippen molar-refractivity contribution in [1.82, 2.24) is 10.6 Å². The molecule has 0 bridgehead atoms. The van der Waals surface area contributed by atoms with Gasteiger partial charge >= 0.3 is 0 Å². The molecule has 6 nitrogen and oxygen atoms in total. The summed E-state index contributed by atoms with van der Waals surface area (Å²) >= 11 is 0. The largest absolute Gasteiger partial charge is 0.378 e. The molecule has 0 radical (unpaired) electrons. The van der Waals surface area contributed by atoms with Crippen molar-refractivity contribution in [1.29, 1.82) is 0 Å². The summed E-state index contributed by atoms with van der Waals surface area (Å²) in [4.78, 5) is 4.22. The molecule has 0 aromatic heterocycles. The molecule has 1 aliphatic rings. The van der Waals surface area contributed by atoms with Gasteiger partial charge in [0.1, 0.15) is 9.84 Å². The maximum atomic E-state index is 11.2. The van der Waals surface area contributed by atoms with E-state index < -0.39 is 9.84 Å². The molecule has 2 atom stereocenters. The number of hydrogen-bond acceptors (Lipinski definition) is 4. The third-order valence-corrected chi connectivity index (χ3v) is 5.53. The summed E-state index contributed by atoms with van der Waals surface area (Å²) in [6, 6.07) is 0.0587. The SMILES string of the molecule is CCOC(CCNC(=NC)NC(C)CCS(C)(=O)=O)C1CCCC1.I. The Morgan fingerprint density at radius 3 is 2.44 bits per heavy atom. The second kappa shape index (κ2) is 13.1. The Balaban J connectivity index is 0.00000576. The number of rotatable bonds is 10. The predicted molar refractivity (Wildman–Crippen MR) is 116 cm³/mol. The second-order valence-corrected chi connectivity index (χ2v) is 9.05. The fourth-order valence-electron chi connectivity index (χ4n) is 3.22. The summed E-state index contributed by atoms with van der Waals surface area (Å²) in [7, 11) is -1.19. The van der Waals surface area contributed by atoms with Crippen LogP contribution in [0.3, 0.4) is 0 Å². The minimum atomic E-state index is -2.92. The van der Waals surface area contributed by atoms with Gasteiger partial charge in [0.05, 0.1) is 11.9 Å². The summed E-state index contributed by atoms with van der Waals surface area (Å²) in [6.07, 6.45) is 8.33. The second-order valence-electron chi connectivity index (χ2n) is 6.79. The van der Waals surface area contributed by atoms with E-state index in [-0.39, 0.29) is 35.8 Å². The highest BCUT2D eigenvalue weighted by Gasteiger charge is 2.25. The van der Waals surface area contributed by atoms with E-state index in [1.807, 2.05) is 6.92 Å². The maximum Gasteiger partial charge on any atom is 0.191 e. The Kier molecular flexibility index (Phi) is 13.1. The molecule has 1 rings (SSSR count). The number of aliphatic imine (C=N–C) groups is 1. The van der Waals surface area contributed by atoms with Gasteiger partial charge in [-0.05, 0) is 45.4 Å². The molecule has 0 aromatic rings. The monoisotopic (exact) mass is 489 g/mol. The molecule has 2 N–H and O–H groups in total. The van der Waals surface area contributed by atoms with Gasteiger partial charge in [-0.1, -0.05) is 12.8 Å². The zero-order valence-corrected chi connectivity index (χ0v) is 19.2. The number of hydrogen-bond donors (Lipinski definition) is 2. The number of ether oxygens (including phenoxy) is 1. The van der Waals surface area contributed by atoms with Crippen LogP contribution in [0.2, 0.25) is 0 Å². The minimum Gasteiger partial charge on any atom is -0.378 e. The molecule has 25 heavy (non-hydrogen) atoms. The zero-order valence-electron chi connectivity index (χ0n) is 16.1. The van der Waals surface area contributed by atoms with E-state index in [2.05, 4.69) is 22.5 Å². The fourth-order valence-corrected chi connectivity index (χ4v) is 4.00. The number of nitrogens with one attached hydrogen (secondary N) is 2. The third-order valence-electron chi connectivity index (χ3n) is 4.56.